The number of amides is 1. The molecule has 4 nitrogen and oxygen atoms in total. The van der Waals surface area contributed by atoms with Crippen molar-refractivity contribution in [1.29, 1.82) is 0 Å². The number of carbonyl (C=O) groups is 1. The van der Waals surface area contributed by atoms with Crippen LogP contribution in [0.25, 0.3) is 0 Å². The molecule has 2 aromatic rings. The highest BCUT2D eigenvalue weighted by Gasteiger charge is 2.33. The lowest BCUT2D eigenvalue weighted by Crippen LogP contribution is -2.33. The molecule has 3 rings (SSSR count). The fraction of sp³-hybridized carbons (Fsp3) is 0.350. The van der Waals surface area contributed by atoms with Gasteiger partial charge < -0.3 is 4.90 Å². The summed E-state index contributed by atoms with van der Waals surface area (Å²) in [5.41, 5.74) is 0.879. The summed E-state index contributed by atoms with van der Waals surface area (Å²) in [6, 6.07) is 10.1. The smallest absolute Gasteiger partial charge is 0.222 e. The molecule has 1 unspecified atom stereocenters. The maximum atomic E-state index is 14.1. The first-order chi connectivity index (χ1) is 13.3. The molecule has 1 aliphatic rings. The molecular formula is C20H20ClF2NO3S. The number of aryl methyl sites for hydroxylation is 1. The lowest BCUT2D eigenvalue weighted by molar-refractivity contribution is -0.130. The Bertz CT molecular complexity index is 981. The van der Waals surface area contributed by atoms with Gasteiger partial charge in [0.25, 0.3) is 0 Å². The molecule has 0 saturated carbocycles. The van der Waals surface area contributed by atoms with Crippen molar-refractivity contribution < 1.29 is 22.0 Å². The van der Waals surface area contributed by atoms with Gasteiger partial charge in [-0.1, -0.05) is 35.9 Å². The van der Waals surface area contributed by atoms with E-state index in [2.05, 4.69) is 0 Å². The van der Waals surface area contributed by atoms with E-state index < -0.39 is 26.7 Å². The largest absolute Gasteiger partial charge is 0.342 e. The van der Waals surface area contributed by atoms with Gasteiger partial charge in [-0.05, 0) is 36.6 Å². The van der Waals surface area contributed by atoms with Crippen LogP contribution in [0.3, 0.4) is 0 Å². The van der Waals surface area contributed by atoms with Crippen molar-refractivity contribution in [3.63, 3.8) is 0 Å². The van der Waals surface area contributed by atoms with Crippen molar-refractivity contribution in [3.8, 4) is 0 Å². The van der Waals surface area contributed by atoms with E-state index in [1.807, 2.05) is 0 Å². The second-order valence-corrected chi connectivity index (χ2v) is 9.51. The zero-order valence-corrected chi connectivity index (χ0v) is 16.6. The molecule has 1 saturated heterocycles. The van der Waals surface area contributed by atoms with Gasteiger partial charge >= 0.3 is 0 Å². The second-order valence-electron chi connectivity index (χ2n) is 6.80. The molecule has 8 heteroatoms. The summed E-state index contributed by atoms with van der Waals surface area (Å²) in [5, 5.41) is -0.957. The van der Waals surface area contributed by atoms with E-state index in [0.29, 0.717) is 6.42 Å². The topological polar surface area (TPSA) is 54.5 Å². The molecule has 28 heavy (non-hydrogen) atoms. The second kappa shape index (κ2) is 8.57. The van der Waals surface area contributed by atoms with E-state index >= 15 is 0 Å². The van der Waals surface area contributed by atoms with Crippen molar-refractivity contribution in [2.45, 2.75) is 24.5 Å². The molecule has 1 aliphatic heterocycles. The van der Waals surface area contributed by atoms with Crippen molar-refractivity contribution in [2.75, 3.05) is 18.8 Å². The fourth-order valence-corrected chi connectivity index (χ4v) is 5.39. The van der Waals surface area contributed by atoms with Gasteiger partial charge in [-0.3, -0.25) is 4.79 Å². The molecular weight excluding hydrogens is 408 g/mol. The SMILES string of the molecule is O=C(CCc1ccc(F)c(Cl)c1)N1CCC(c2ccccc2F)S(=O)(=O)CC1. The normalized spacial score (nSPS) is 19.2. The van der Waals surface area contributed by atoms with Crippen LogP contribution in [0, 0.1) is 11.6 Å². The van der Waals surface area contributed by atoms with Crippen LogP contribution in [0.2, 0.25) is 5.02 Å². The third-order valence-corrected chi connectivity index (χ3v) is 7.35. The lowest BCUT2D eigenvalue weighted by Gasteiger charge is -2.20. The van der Waals surface area contributed by atoms with E-state index in [1.54, 1.807) is 12.1 Å². The van der Waals surface area contributed by atoms with Gasteiger partial charge in [0.05, 0.1) is 16.0 Å². The van der Waals surface area contributed by atoms with Gasteiger partial charge in [0.2, 0.25) is 5.91 Å². The highest BCUT2D eigenvalue weighted by molar-refractivity contribution is 7.91. The Morgan fingerprint density at radius 3 is 2.57 bits per heavy atom. The minimum Gasteiger partial charge on any atom is -0.342 e. The minimum absolute atomic E-state index is 0.00135. The molecule has 0 bridgehead atoms. The van der Waals surface area contributed by atoms with Crippen LogP contribution in [-0.4, -0.2) is 38.1 Å². The van der Waals surface area contributed by atoms with Gasteiger partial charge in [-0.15, -0.1) is 0 Å². The van der Waals surface area contributed by atoms with E-state index in [4.69, 9.17) is 11.6 Å². The van der Waals surface area contributed by atoms with Gasteiger partial charge in [0.1, 0.15) is 11.6 Å². The third kappa shape index (κ3) is 4.70. The Labute approximate surface area is 168 Å². The number of rotatable bonds is 4. The maximum absolute atomic E-state index is 14.1. The van der Waals surface area contributed by atoms with Crippen molar-refractivity contribution >= 4 is 27.3 Å². The number of halogens is 3. The van der Waals surface area contributed by atoms with Crippen molar-refractivity contribution in [2.24, 2.45) is 0 Å². The lowest BCUT2D eigenvalue weighted by atomic mass is 10.1. The van der Waals surface area contributed by atoms with Crippen molar-refractivity contribution in [3.05, 3.63) is 70.2 Å². The molecule has 0 aliphatic carbocycles. The highest BCUT2D eigenvalue weighted by Crippen LogP contribution is 2.31. The summed E-state index contributed by atoms with van der Waals surface area (Å²) in [7, 11) is -3.57. The standard InChI is InChI=1S/C20H20ClF2NO3S/c21-16-13-14(5-7-18(16)23)6-8-20(25)24-10-9-19(28(26,27)12-11-24)15-3-1-2-4-17(15)22/h1-5,7,13,19H,6,8-12H2. The van der Waals surface area contributed by atoms with Crippen LogP contribution in [0.4, 0.5) is 8.78 Å². The molecule has 1 heterocycles. The van der Waals surface area contributed by atoms with Crippen LogP contribution in [-0.2, 0) is 21.1 Å². The number of nitrogens with zero attached hydrogens (tertiary/aromatic N) is 1. The number of benzene rings is 2. The van der Waals surface area contributed by atoms with Crippen LogP contribution < -0.4 is 0 Å². The molecule has 0 spiro atoms. The summed E-state index contributed by atoms with van der Waals surface area (Å²) in [6.45, 7) is 0.317. The van der Waals surface area contributed by atoms with Crippen molar-refractivity contribution in [1.82, 2.24) is 4.90 Å². The summed E-state index contributed by atoms with van der Waals surface area (Å²) < 4.78 is 52.5. The average Bonchev–Trinajstić information content (AvgIpc) is 2.81. The van der Waals surface area contributed by atoms with Gasteiger partial charge in [0, 0.05) is 25.1 Å². The Kier molecular flexibility index (Phi) is 6.35. The molecule has 2 aromatic carbocycles. The number of sulfone groups is 1. The average molecular weight is 428 g/mol. The molecule has 1 fully saturated rings. The number of hydrogen-bond donors (Lipinski definition) is 0. The van der Waals surface area contributed by atoms with E-state index in [0.717, 1.165) is 5.56 Å². The summed E-state index contributed by atoms with van der Waals surface area (Å²) >= 11 is 5.75. The van der Waals surface area contributed by atoms with Crippen LogP contribution >= 0.6 is 11.6 Å². The Morgan fingerprint density at radius 1 is 1.11 bits per heavy atom. The van der Waals surface area contributed by atoms with Gasteiger partial charge in [0.15, 0.2) is 9.84 Å². The quantitative estimate of drug-likeness (QED) is 0.742. The molecule has 1 amide bonds. The third-order valence-electron chi connectivity index (χ3n) is 4.96. The van der Waals surface area contributed by atoms with Gasteiger partial charge in [-0.25, -0.2) is 17.2 Å². The Morgan fingerprint density at radius 2 is 1.86 bits per heavy atom. The number of carbonyl (C=O) groups excluding carboxylic acids is 1. The van der Waals surface area contributed by atoms with Gasteiger partial charge in [-0.2, -0.15) is 0 Å². The van der Waals surface area contributed by atoms with Crippen LogP contribution in [0.15, 0.2) is 42.5 Å². The highest BCUT2D eigenvalue weighted by atomic mass is 35.5. The predicted octanol–water partition coefficient (Wildman–Crippen LogP) is 3.94. The molecule has 0 radical (unpaired) electrons. The molecule has 150 valence electrons. The molecule has 0 aromatic heterocycles. The monoisotopic (exact) mass is 427 g/mol. The van der Waals surface area contributed by atoms with E-state index in [1.165, 1.54) is 35.2 Å². The minimum atomic E-state index is -3.57. The summed E-state index contributed by atoms with van der Waals surface area (Å²) in [6.07, 6.45) is 0.683. The van der Waals surface area contributed by atoms with E-state index in [9.17, 15) is 22.0 Å². The first-order valence-corrected chi connectivity index (χ1v) is 11.0. The summed E-state index contributed by atoms with van der Waals surface area (Å²) in [4.78, 5) is 14.1. The van der Waals surface area contributed by atoms with Crippen LogP contribution in [0.1, 0.15) is 29.2 Å². The Hall–Kier alpha value is -1.99. The predicted molar refractivity (Wildman–Crippen MR) is 104 cm³/mol. The molecule has 0 N–H and O–H groups in total. The number of hydrogen-bond acceptors (Lipinski definition) is 3. The fourth-order valence-electron chi connectivity index (χ4n) is 3.38. The zero-order valence-electron chi connectivity index (χ0n) is 15.1. The molecule has 1 atom stereocenters. The van der Waals surface area contributed by atoms with E-state index in [-0.39, 0.29) is 48.2 Å². The summed E-state index contributed by atoms with van der Waals surface area (Å²) in [5.74, 6) is -1.47. The first kappa shape index (κ1) is 20.7. The Balaban J connectivity index is 1.67. The van der Waals surface area contributed by atoms with Crippen LogP contribution in [0.5, 0.6) is 0 Å². The first-order valence-electron chi connectivity index (χ1n) is 8.95. The maximum Gasteiger partial charge on any atom is 0.222 e. The zero-order chi connectivity index (χ0) is 20.3.